The largest absolute Gasteiger partial charge is 0.692 e. The topological polar surface area (TPSA) is 129 Å². The standard InChI is InChI=1S/C24H23N3O2.HO3P/c1-18(28)22(29)23-25-17-27(26-23)24(19-11-5-2-6-12-19,20-13-7-3-8-14-20)21-15-9-4-10-16-21;1-4(2)3/h2-18,22,28-29H,1H3;(H-,1,2,3)/p+1. The Kier molecular flexibility index (Phi) is 8.16. The molecule has 0 aliphatic carbocycles. The summed E-state index contributed by atoms with van der Waals surface area (Å²) in [5, 5.41) is 24.7. The number of benzene rings is 3. The summed E-state index contributed by atoms with van der Waals surface area (Å²) in [7, 11) is -2.87. The molecular weight excluding hydrogens is 441 g/mol. The van der Waals surface area contributed by atoms with Gasteiger partial charge in [0.05, 0.1) is 6.10 Å². The fourth-order valence-corrected chi connectivity index (χ4v) is 3.72. The molecule has 8 nitrogen and oxygen atoms in total. The van der Waals surface area contributed by atoms with E-state index in [0.29, 0.717) is 0 Å². The zero-order valence-corrected chi connectivity index (χ0v) is 18.8. The first-order chi connectivity index (χ1) is 15.9. The first-order valence-corrected chi connectivity index (χ1v) is 11.3. The van der Waals surface area contributed by atoms with E-state index < -0.39 is 26.0 Å². The lowest BCUT2D eigenvalue weighted by Crippen LogP contribution is -2.38. The first kappa shape index (κ1) is 24.4. The fourth-order valence-electron chi connectivity index (χ4n) is 3.72. The summed E-state index contributed by atoms with van der Waals surface area (Å²) in [4.78, 5) is 18.6. The smallest absolute Gasteiger partial charge is 0.390 e. The molecular formula is C24H25N3O5P+. The van der Waals surface area contributed by atoms with Crippen LogP contribution in [0.3, 0.4) is 0 Å². The number of aliphatic hydroxyl groups is 2. The van der Waals surface area contributed by atoms with E-state index >= 15 is 0 Å². The Morgan fingerprint density at radius 2 is 1.15 bits per heavy atom. The molecule has 0 amide bonds. The minimum Gasteiger partial charge on any atom is -0.390 e. The summed E-state index contributed by atoms with van der Waals surface area (Å²) in [5.74, 6) is 0.187. The fraction of sp³-hybridized carbons (Fsp3) is 0.167. The number of aromatic nitrogens is 3. The lowest BCUT2D eigenvalue weighted by atomic mass is 9.77. The third-order valence-corrected chi connectivity index (χ3v) is 5.15. The average Bonchev–Trinajstić information content (AvgIpc) is 3.31. The Hall–Kier alpha value is -3.26. The molecule has 0 saturated heterocycles. The van der Waals surface area contributed by atoms with Gasteiger partial charge in [-0.15, -0.1) is 9.79 Å². The van der Waals surface area contributed by atoms with Gasteiger partial charge in [-0.05, 0) is 23.6 Å². The highest BCUT2D eigenvalue weighted by Gasteiger charge is 2.40. The van der Waals surface area contributed by atoms with Gasteiger partial charge in [-0.3, -0.25) is 0 Å². The van der Waals surface area contributed by atoms with Crippen LogP contribution >= 0.6 is 8.25 Å². The minimum atomic E-state index is -2.87. The molecule has 4 N–H and O–H groups in total. The molecule has 0 spiro atoms. The molecule has 0 saturated carbocycles. The van der Waals surface area contributed by atoms with Gasteiger partial charge in [0.2, 0.25) is 0 Å². The maximum atomic E-state index is 10.3. The van der Waals surface area contributed by atoms with Crippen LogP contribution in [-0.4, -0.2) is 40.9 Å². The van der Waals surface area contributed by atoms with E-state index in [1.807, 2.05) is 54.6 Å². The summed E-state index contributed by atoms with van der Waals surface area (Å²) in [6.07, 6.45) is -0.504. The molecule has 170 valence electrons. The maximum absolute atomic E-state index is 10.3. The normalized spacial score (nSPS) is 12.9. The van der Waals surface area contributed by atoms with Crippen LogP contribution in [0, 0.1) is 0 Å². The molecule has 0 bridgehead atoms. The van der Waals surface area contributed by atoms with Crippen molar-refractivity contribution in [3.63, 3.8) is 0 Å². The molecule has 4 aromatic rings. The summed E-state index contributed by atoms with van der Waals surface area (Å²) in [6.45, 7) is 1.52. The number of rotatable bonds is 6. The van der Waals surface area contributed by atoms with E-state index in [9.17, 15) is 10.2 Å². The van der Waals surface area contributed by atoms with Crippen LogP contribution in [0.5, 0.6) is 0 Å². The van der Waals surface area contributed by atoms with Gasteiger partial charge in [0, 0.05) is 4.57 Å². The molecule has 1 heterocycles. The molecule has 33 heavy (non-hydrogen) atoms. The Bertz CT molecular complexity index is 1050. The summed E-state index contributed by atoms with van der Waals surface area (Å²) in [5.41, 5.74) is 2.26. The molecule has 4 rings (SSSR count). The summed E-state index contributed by atoms with van der Waals surface area (Å²) < 4.78 is 10.5. The molecule has 2 unspecified atom stereocenters. The van der Waals surface area contributed by atoms with Crippen LogP contribution in [0.2, 0.25) is 0 Å². The van der Waals surface area contributed by atoms with Crippen molar-refractivity contribution in [1.82, 2.24) is 14.8 Å². The average molecular weight is 466 g/mol. The minimum absolute atomic E-state index is 0.187. The van der Waals surface area contributed by atoms with Crippen molar-refractivity contribution in [2.75, 3.05) is 0 Å². The van der Waals surface area contributed by atoms with Crippen molar-refractivity contribution in [3.8, 4) is 0 Å². The van der Waals surface area contributed by atoms with Crippen LogP contribution in [-0.2, 0) is 10.1 Å². The molecule has 0 fully saturated rings. The van der Waals surface area contributed by atoms with Gasteiger partial charge in [0.1, 0.15) is 18.0 Å². The Balaban J connectivity index is 0.000000709. The van der Waals surface area contributed by atoms with Crippen LogP contribution in [0.15, 0.2) is 97.3 Å². The molecule has 0 aliphatic heterocycles. The zero-order valence-electron chi connectivity index (χ0n) is 17.9. The van der Waals surface area contributed by atoms with Gasteiger partial charge in [0.15, 0.2) is 5.82 Å². The molecule has 2 atom stereocenters. The monoisotopic (exact) mass is 466 g/mol. The summed E-state index contributed by atoms with van der Waals surface area (Å²) >= 11 is 0. The van der Waals surface area contributed by atoms with Crippen LogP contribution in [0.25, 0.3) is 0 Å². The third kappa shape index (κ3) is 5.39. The van der Waals surface area contributed by atoms with Crippen LogP contribution in [0.4, 0.5) is 0 Å². The molecule has 0 aliphatic rings. The number of hydrogen-bond acceptors (Lipinski definition) is 5. The molecule has 3 aromatic carbocycles. The molecule has 9 heteroatoms. The number of aliphatic hydroxyl groups excluding tert-OH is 2. The predicted octanol–water partition coefficient (Wildman–Crippen LogP) is 3.16. The first-order valence-electron chi connectivity index (χ1n) is 10.2. The SMILES string of the molecule is CC(O)C(O)c1ncn(C(c2ccccc2)(c2ccccc2)c2ccccc2)n1.O=[P+](O)O. The maximum Gasteiger partial charge on any atom is 0.692 e. The Morgan fingerprint density at radius 1 is 0.788 bits per heavy atom. The second-order valence-electron chi connectivity index (χ2n) is 7.29. The van der Waals surface area contributed by atoms with Gasteiger partial charge in [-0.25, -0.2) is 9.67 Å². The lowest BCUT2D eigenvalue weighted by Gasteiger charge is -2.35. The molecule has 1 aromatic heterocycles. The van der Waals surface area contributed by atoms with Gasteiger partial charge in [-0.2, -0.15) is 5.10 Å². The van der Waals surface area contributed by atoms with E-state index in [2.05, 4.69) is 46.5 Å². The second-order valence-corrected chi connectivity index (χ2v) is 7.80. The molecule has 0 radical (unpaired) electrons. The van der Waals surface area contributed by atoms with Gasteiger partial charge < -0.3 is 10.2 Å². The van der Waals surface area contributed by atoms with Gasteiger partial charge in [-0.1, -0.05) is 91.0 Å². The van der Waals surface area contributed by atoms with E-state index in [0.717, 1.165) is 16.7 Å². The quantitative estimate of drug-likeness (QED) is 0.254. The third-order valence-electron chi connectivity index (χ3n) is 5.15. The zero-order chi connectivity index (χ0) is 23.8. The van der Waals surface area contributed by atoms with Gasteiger partial charge in [0.25, 0.3) is 0 Å². The van der Waals surface area contributed by atoms with Crippen molar-refractivity contribution in [2.24, 2.45) is 0 Å². The summed E-state index contributed by atoms with van der Waals surface area (Å²) in [6, 6.07) is 30.3. The lowest BCUT2D eigenvalue weighted by molar-refractivity contribution is 0.0247. The van der Waals surface area contributed by atoms with E-state index in [4.69, 9.17) is 14.4 Å². The van der Waals surface area contributed by atoms with E-state index in [-0.39, 0.29) is 5.82 Å². The highest BCUT2D eigenvalue weighted by Crippen LogP contribution is 2.40. The highest BCUT2D eigenvalue weighted by atomic mass is 31.1. The number of nitrogens with zero attached hydrogens (tertiary/aromatic N) is 3. The van der Waals surface area contributed by atoms with Crippen molar-refractivity contribution >= 4 is 8.25 Å². The Morgan fingerprint density at radius 3 is 1.48 bits per heavy atom. The second kappa shape index (κ2) is 11.0. The van der Waals surface area contributed by atoms with Crippen molar-refractivity contribution in [2.45, 2.75) is 24.7 Å². The van der Waals surface area contributed by atoms with Crippen LogP contribution in [0.1, 0.15) is 35.5 Å². The van der Waals surface area contributed by atoms with Crippen molar-refractivity contribution in [1.29, 1.82) is 0 Å². The van der Waals surface area contributed by atoms with E-state index in [1.54, 1.807) is 11.0 Å². The highest BCUT2D eigenvalue weighted by molar-refractivity contribution is 7.30. The van der Waals surface area contributed by atoms with Crippen LogP contribution < -0.4 is 0 Å². The predicted molar refractivity (Wildman–Crippen MR) is 123 cm³/mol. The Labute approximate surface area is 192 Å². The van der Waals surface area contributed by atoms with E-state index in [1.165, 1.54) is 6.92 Å². The van der Waals surface area contributed by atoms with Crippen molar-refractivity contribution in [3.05, 3.63) is 120 Å². The van der Waals surface area contributed by atoms with Gasteiger partial charge >= 0.3 is 8.25 Å². The van der Waals surface area contributed by atoms with Crippen molar-refractivity contribution < 1.29 is 24.6 Å². The number of hydrogen-bond donors (Lipinski definition) is 4.